The molecule has 0 unspecified atom stereocenters. The van der Waals surface area contributed by atoms with Crippen molar-refractivity contribution in [3.63, 3.8) is 0 Å². The van der Waals surface area contributed by atoms with Crippen LogP contribution in [0.15, 0.2) is 24.3 Å². The van der Waals surface area contributed by atoms with Crippen LogP contribution in [-0.4, -0.2) is 21.8 Å². The van der Waals surface area contributed by atoms with E-state index in [2.05, 4.69) is 38.1 Å². The maximum Gasteiger partial charge on any atom is 1.00 e. The molecule has 24 heavy (non-hydrogen) atoms. The molecule has 0 spiro atoms. The van der Waals surface area contributed by atoms with Gasteiger partial charge in [-0.15, -0.1) is 0 Å². The summed E-state index contributed by atoms with van der Waals surface area (Å²) in [6, 6.07) is 8.45. The first-order valence-corrected chi connectivity index (χ1v) is 5.44. The zero-order chi connectivity index (χ0) is 19.5. The largest absolute Gasteiger partial charge is 1.00 e. The molecule has 0 aliphatic carbocycles. The first kappa shape index (κ1) is 31.9. The third-order valence-electron chi connectivity index (χ3n) is 1.17. The smallest absolute Gasteiger partial charge is 1.00 e. The molecule has 0 fully saturated rings. The van der Waals surface area contributed by atoms with Crippen molar-refractivity contribution in [1.29, 1.82) is 0 Å². The molecule has 0 saturated carbocycles. The summed E-state index contributed by atoms with van der Waals surface area (Å²) in [6.45, 7) is 4.21. The third kappa shape index (κ3) is 95.8. The minimum Gasteiger partial charge on any atom is -1.00 e. The van der Waals surface area contributed by atoms with Crippen LogP contribution in [0.1, 0.15) is 12.6 Å². The average Bonchev–Trinajstić information content (AvgIpc) is 2.07. The van der Waals surface area contributed by atoms with Gasteiger partial charge in [-0.25, -0.2) is 0 Å². The number of aryl methyl sites for hydroxylation is 2. The van der Waals surface area contributed by atoms with Crippen molar-refractivity contribution in [2.45, 2.75) is 13.8 Å². The van der Waals surface area contributed by atoms with E-state index in [1.807, 2.05) is 0 Å². The Morgan fingerprint density at radius 3 is 0.833 bits per heavy atom. The number of hydrogen-bond acceptors (Lipinski definition) is 0. The molecule has 0 saturated heterocycles. The summed E-state index contributed by atoms with van der Waals surface area (Å²) >= 11 is 0. The Balaban J connectivity index is -0.0000000714. The summed E-state index contributed by atoms with van der Waals surface area (Å²) in [6.07, 6.45) is 0. The zero-order valence-corrected chi connectivity index (χ0v) is 15.7. The van der Waals surface area contributed by atoms with Crippen LogP contribution >= 0.6 is 0 Å². The second-order valence-electron chi connectivity index (χ2n) is 3.64. The molecular formula is C8H11B3F12K-3. The third-order valence-corrected chi connectivity index (χ3v) is 1.17. The van der Waals surface area contributed by atoms with Gasteiger partial charge in [0, 0.05) is 0 Å². The Kier molecular flexibility index (Phi) is 19.1. The van der Waals surface area contributed by atoms with Crippen LogP contribution in [0.5, 0.6) is 0 Å². The van der Waals surface area contributed by atoms with Crippen LogP contribution in [0.25, 0.3) is 0 Å². The number of halogens is 12. The van der Waals surface area contributed by atoms with E-state index in [9.17, 15) is 51.8 Å². The van der Waals surface area contributed by atoms with Crippen LogP contribution in [0.2, 0.25) is 0 Å². The van der Waals surface area contributed by atoms with Gasteiger partial charge in [0.25, 0.3) is 0 Å². The molecule has 0 aliphatic rings. The molecule has 0 heterocycles. The first-order valence-electron chi connectivity index (χ1n) is 5.44. The predicted molar refractivity (Wildman–Crippen MR) is 67.6 cm³/mol. The molecule has 0 bridgehead atoms. The maximum atomic E-state index is 9.75. The van der Waals surface area contributed by atoms with Crippen LogP contribution < -0.4 is 51.4 Å². The van der Waals surface area contributed by atoms with E-state index in [4.69, 9.17) is 0 Å². The first-order chi connectivity index (χ1) is 9.79. The van der Waals surface area contributed by atoms with Gasteiger partial charge in [-0.3, -0.25) is 0 Å². The van der Waals surface area contributed by atoms with Crippen molar-refractivity contribution in [3.8, 4) is 0 Å². The molecule has 0 aliphatic heterocycles. The van der Waals surface area contributed by atoms with Crippen molar-refractivity contribution in [3.05, 3.63) is 35.4 Å². The van der Waals surface area contributed by atoms with Gasteiger partial charge in [0.2, 0.25) is 0 Å². The fraction of sp³-hybridized carbons (Fsp3) is 0.250. The fourth-order valence-electron chi connectivity index (χ4n) is 0.807. The van der Waals surface area contributed by atoms with Gasteiger partial charge in [-0.1, -0.05) is 35.4 Å². The molecule has 0 nitrogen and oxygen atoms in total. The van der Waals surface area contributed by atoms with Crippen LogP contribution in [0, 0.1) is 13.8 Å². The average molecular weight is 407 g/mol. The van der Waals surface area contributed by atoms with Gasteiger partial charge in [-0.05, 0) is 13.8 Å². The van der Waals surface area contributed by atoms with Crippen molar-refractivity contribution >= 4 is 21.8 Å². The Labute approximate surface area is 174 Å². The molecule has 140 valence electrons. The van der Waals surface area contributed by atoms with Crippen LogP contribution in [0.3, 0.4) is 0 Å². The van der Waals surface area contributed by atoms with E-state index in [1.54, 1.807) is 0 Å². The van der Waals surface area contributed by atoms with Crippen LogP contribution in [0.4, 0.5) is 51.8 Å². The van der Waals surface area contributed by atoms with Crippen molar-refractivity contribution in [2.75, 3.05) is 0 Å². The number of hydrogen-bond donors (Lipinski definition) is 0. The molecule has 0 radical (unpaired) electrons. The Morgan fingerprint density at radius 2 is 0.750 bits per heavy atom. The Hall–Kier alpha value is 0.211. The standard InChI is InChI=1S/C8H10.3BF4.K.H/c1-7-4-3-5-8(2)6-7;3*2-1(3,4)5;;/h3-6H,1-2H3;;;;;/q;3*-1;+1;-1. The monoisotopic (exact) mass is 407 g/mol. The molecule has 1 aromatic rings. The molecule has 1 rings (SSSR count). The molecule has 0 N–H and O–H groups in total. The summed E-state index contributed by atoms with van der Waals surface area (Å²) in [5, 5.41) is 0. The quantitative estimate of drug-likeness (QED) is 0.458. The minimum absolute atomic E-state index is 0. The van der Waals surface area contributed by atoms with E-state index in [1.165, 1.54) is 11.1 Å². The topological polar surface area (TPSA) is 0 Å². The van der Waals surface area contributed by atoms with Gasteiger partial charge < -0.3 is 53.2 Å². The minimum atomic E-state index is -6.00. The molecule has 1 aromatic carbocycles. The molecule has 0 atom stereocenters. The van der Waals surface area contributed by atoms with E-state index in [0.717, 1.165) is 0 Å². The van der Waals surface area contributed by atoms with Gasteiger partial charge in [0.1, 0.15) is 0 Å². The summed E-state index contributed by atoms with van der Waals surface area (Å²) in [7, 11) is -18.0. The Morgan fingerprint density at radius 1 is 0.583 bits per heavy atom. The van der Waals surface area contributed by atoms with Crippen molar-refractivity contribution in [1.82, 2.24) is 0 Å². The van der Waals surface area contributed by atoms with E-state index < -0.39 is 21.8 Å². The van der Waals surface area contributed by atoms with Gasteiger partial charge in [-0.2, -0.15) is 0 Å². The maximum absolute atomic E-state index is 9.75. The summed E-state index contributed by atoms with van der Waals surface area (Å²) < 4.78 is 117. The zero-order valence-electron chi connectivity index (χ0n) is 13.6. The molecule has 16 heteroatoms. The van der Waals surface area contributed by atoms with Gasteiger partial charge in [0.05, 0.1) is 0 Å². The Bertz CT molecular complexity index is 358. The van der Waals surface area contributed by atoms with Gasteiger partial charge >= 0.3 is 73.1 Å². The number of rotatable bonds is 0. The molecule has 0 aromatic heterocycles. The number of benzene rings is 1. The summed E-state index contributed by atoms with van der Waals surface area (Å²) in [5.41, 5.74) is 2.68. The second-order valence-corrected chi connectivity index (χ2v) is 3.64. The normalized spacial score (nSPS) is 10.6. The molecular weight excluding hydrogens is 396 g/mol. The van der Waals surface area contributed by atoms with Gasteiger partial charge in [0.15, 0.2) is 0 Å². The fourth-order valence-corrected chi connectivity index (χ4v) is 0.807. The summed E-state index contributed by atoms with van der Waals surface area (Å²) in [4.78, 5) is 0. The molecule has 0 amide bonds. The predicted octanol–water partition coefficient (Wildman–Crippen LogP) is 3.32. The van der Waals surface area contributed by atoms with Crippen LogP contribution in [-0.2, 0) is 0 Å². The second kappa shape index (κ2) is 14.4. The SMILES string of the molecule is Cc1cccc(C)c1.F[B-](F)(F)F.F[B-](F)(F)F.F[B-](F)(F)F.[H-].[K+]. The van der Waals surface area contributed by atoms with E-state index in [-0.39, 0.29) is 52.8 Å². The van der Waals surface area contributed by atoms with E-state index >= 15 is 0 Å². The van der Waals surface area contributed by atoms with Crippen molar-refractivity contribution < 1.29 is 105 Å². The summed E-state index contributed by atoms with van der Waals surface area (Å²) in [5.74, 6) is 0. The van der Waals surface area contributed by atoms with E-state index in [0.29, 0.717) is 0 Å². The van der Waals surface area contributed by atoms with Crippen molar-refractivity contribution in [2.24, 2.45) is 0 Å².